The van der Waals surface area contributed by atoms with Crippen LogP contribution in [0.15, 0.2) is 0 Å². The lowest BCUT2D eigenvalue weighted by Crippen LogP contribution is -2.66. The molecule has 0 aliphatic carbocycles. The number of ether oxygens (including phenoxy) is 1. The molecule has 0 radical (unpaired) electrons. The number of amides is 1. The molecule has 4 N–H and O–H groups in total. The number of alkyl halides is 2. The molecular formula is C21H38F2N2O6S. The van der Waals surface area contributed by atoms with Gasteiger partial charge in [-0.25, -0.2) is 8.78 Å². The van der Waals surface area contributed by atoms with Gasteiger partial charge in [0.15, 0.2) is 0 Å². The molecule has 2 aliphatic heterocycles. The Morgan fingerprint density at radius 3 is 2.38 bits per heavy atom. The molecule has 0 saturated carbocycles. The molecule has 188 valence electrons. The Morgan fingerprint density at radius 1 is 1.22 bits per heavy atom. The normalized spacial score (nSPS) is 34.9. The molecule has 2 rings (SSSR count). The first-order valence-corrected chi connectivity index (χ1v) is 12.5. The molecule has 1 amide bonds. The van der Waals surface area contributed by atoms with Crippen molar-refractivity contribution < 1.29 is 38.7 Å². The fraction of sp³-hybridized carbons (Fsp3) is 0.952. The Hall–Kier alpha value is -0.560. The highest BCUT2D eigenvalue weighted by molar-refractivity contribution is 7.99. The molecule has 0 aromatic heterocycles. The van der Waals surface area contributed by atoms with Crippen molar-refractivity contribution in [1.82, 2.24) is 9.80 Å². The lowest BCUT2D eigenvalue weighted by Gasteiger charge is -2.49. The predicted molar refractivity (Wildman–Crippen MR) is 117 cm³/mol. The zero-order chi connectivity index (χ0) is 24.2. The van der Waals surface area contributed by atoms with Crippen molar-refractivity contribution in [3.05, 3.63) is 0 Å². The number of nitrogens with zero attached hydrogens (tertiary/aromatic N) is 2. The van der Waals surface area contributed by atoms with Gasteiger partial charge >= 0.3 is 0 Å². The maximum atomic E-state index is 12.9. The highest BCUT2D eigenvalue weighted by Gasteiger charge is 2.51. The van der Waals surface area contributed by atoms with Crippen LogP contribution in [0.4, 0.5) is 8.78 Å². The molecular weight excluding hydrogens is 446 g/mol. The fourth-order valence-electron chi connectivity index (χ4n) is 5.03. The molecule has 0 aromatic rings. The Labute approximate surface area is 192 Å². The molecule has 8 nitrogen and oxygen atoms in total. The number of halogens is 2. The van der Waals surface area contributed by atoms with E-state index >= 15 is 0 Å². The number of hydrogen-bond donors (Lipinski definition) is 4. The first-order chi connectivity index (χ1) is 15.0. The summed E-state index contributed by atoms with van der Waals surface area (Å²) in [6.45, 7) is 5.79. The molecule has 32 heavy (non-hydrogen) atoms. The van der Waals surface area contributed by atoms with Crippen molar-refractivity contribution in [1.29, 1.82) is 0 Å². The number of rotatable bonds is 10. The summed E-state index contributed by atoms with van der Waals surface area (Å²) in [5.74, 6) is -0.512. The van der Waals surface area contributed by atoms with E-state index in [1.54, 1.807) is 11.2 Å². The summed E-state index contributed by atoms with van der Waals surface area (Å²) in [7, 11) is 0. The van der Waals surface area contributed by atoms with E-state index in [0.29, 0.717) is 19.4 Å². The van der Waals surface area contributed by atoms with Crippen molar-refractivity contribution in [2.24, 2.45) is 11.8 Å². The summed E-state index contributed by atoms with van der Waals surface area (Å²) in [6, 6.07) is -0.639. The van der Waals surface area contributed by atoms with E-state index in [9.17, 15) is 34.0 Å². The number of β-amino-alcohol motifs (C(OH)–C–C–N with tert-alkyl or cyclic N) is 1. The highest BCUT2D eigenvalue weighted by Crippen LogP contribution is 2.37. The molecule has 2 aliphatic rings. The van der Waals surface area contributed by atoms with E-state index in [0.717, 1.165) is 0 Å². The second kappa shape index (κ2) is 12.2. The van der Waals surface area contributed by atoms with E-state index in [1.807, 2.05) is 18.7 Å². The predicted octanol–water partition coefficient (Wildman–Crippen LogP) is 0.716. The number of thioether (sulfide) groups is 1. The Morgan fingerprint density at radius 2 is 1.88 bits per heavy atom. The molecule has 0 spiro atoms. The zero-order valence-electron chi connectivity index (χ0n) is 19.2. The van der Waals surface area contributed by atoms with E-state index in [1.165, 1.54) is 18.7 Å². The SMILES string of the molecule is CSC1OC(C(C(C)C)N(C(C)=O)C2CC(CCC(F)F)CN2CCO)C(O)C(O)C1O. The summed E-state index contributed by atoms with van der Waals surface area (Å²) in [6.07, 6.45) is -5.64. The molecule has 8 atom stereocenters. The standard InChI is InChI=1S/C21H38F2N2O6S/c1-11(2)16(20-18(29)17(28)19(30)21(31-20)32-4)25(12(3)27)15-9-13(5-6-14(22)23)10-24(15)7-8-26/h11,13-21,26,28-30H,5-10H2,1-4H3. The van der Waals surface area contributed by atoms with Crippen molar-refractivity contribution in [3.8, 4) is 0 Å². The summed E-state index contributed by atoms with van der Waals surface area (Å²) in [4.78, 5) is 16.4. The van der Waals surface area contributed by atoms with Crippen LogP contribution in [0.25, 0.3) is 0 Å². The van der Waals surface area contributed by atoms with Crippen LogP contribution in [0.1, 0.15) is 40.0 Å². The smallest absolute Gasteiger partial charge is 0.238 e. The minimum Gasteiger partial charge on any atom is -0.395 e. The molecule has 8 unspecified atom stereocenters. The maximum absolute atomic E-state index is 12.9. The van der Waals surface area contributed by atoms with Gasteiger partial charge in [0, 0.05) is 26.4 Å². The van der Waals surface area contributed by atoms with Crippen molar-refractivity contribution in [3.63, 3.8) is 0 Å². The van der Waals surface area contributed by atoms with Crippen molar-refractivity contribution >= 4 is 17.7 Å². The lowest BCUT2D eigenvalue weighted by molar-refractivity contribution is -0.222. The fourth-order valence-corrected chi connectivity index (χ4v) is 5.71. The zero-order valence-corrected chi connectivity index (χ0v) is 20.0. The quantitative estimate of drug-likeness (QED) is 0.359. The minimum absolute atomic E-state index is 0.0567. The van der Waals surface area contributed by atoms with Crippen LogP contribution in [0, 0.1) is 11.8 Å². The average Bonchev–Trinajstić information content (AvgIpc) is 3.11. The second-order valence-electron chi connectivity index (χ2n) is 9.11. The van der Waals surface area contributed by atoms with Gasteiger partial charge in [-0.05, 0) is 30.9 Å². The molecule has 2 saturated heterocycles. The molecule has 2 heterocycles. The number of likely N-dealkylation sites (tertiary alicyclic amines) is 1. The van der Waals surface area contributed by atoms with Gasteiger partial charge in [0.2, 0.25) is 12.3 Å². The van der Waals surface area contributed by atoms with Gasteiger partial charge in [-0.1, -0.05) is 13.8 Å². The number of aliphatic hydroxyl groups excluding tert-OH is 4. The number of aliphatic hydroxyl groups is 4. The Bertz CT molecular complexity index is 603. The van der Waals surface area contributed by atoms with Crippen LogP contribution < -0.4 is 0 Å². The molecule has 0 aromatic carbocycles. The Kier molecular flexibility index (Phi) is 10.6. The van der Waals surface area contributed by atoms with E-state index in [-0.39, 0.29) is 37.3 Å². The van der Waals surface area contributed by atoms with Crippen LogP contribution in [0.2, 0.25) is 0 Å². The summed E-state index contributed by atoms with van der Waals surface area (Å²) in [5, 5.41) is 41.0. The largest absolute Gasteiger partial charge is 0.395 e. The average molecular weight is 485 g/mol. The Balaban J connectivity index is 2.36. The van der Waals surface area contributed by atoms with E-state index in [2.05, 4.69) is 0 Å². The summed E-state index contributed by atoms with van der Waals surface area (Å²) < 4.78 is 31.5. The first-order valence-electron chi connectivity index (χ1n) is 11.2. The minimum atomic E-state index is -2.39. The van der Waals surface area contributed by atoms with Gasteiger partial charge < -0.3 is 30.1 Å². The van der Waals surface area contributed by atoms with E-state index in [4.69, 9.17) is 4.74 Å². The molecule has 2 fully saturated rings. The van der Waals surface area contributed by atoms with E-state index < -0.39 is 48.5 Å². The van der Waals surface area contributed by atoms with Crippen LogP contribution >= 0.6 is 11.8 Å². The van der Waals surface area contributed by atoms with Gasteiger partial charge in [-0.3, -0.25) is 9.69 Å². The van der Waals surface area contributed by atoms with Crippen LogP contribution in [-0.4, -0.2) is 111 Å². The highest BCUT2D eigenvalue weighted by atomic mass is 32.2. The van der Waals surface area contributed by atoms with Crippen molar-refractivity contribution in [2.45, 2.75) is 88.5 Å². The summed E-state index contributed by atoms with van der Waals surface area (Å²) >= 11 is 1.20. The van der Waals surface area contributed by atoms with Gasteiger partial charge in [0.05, 0.1) is 18.8 Å². The van der Waals surface area contributed by atoms with Crippen molar-refractivity contribution in [2.75, 3.05) is 26.0 Å². The molecule has 0 bridgehead atoms. The second-order valence-corrected chi connectivity index (χ2v) is 10.0. The third kappa shape index (κ3) is 6.31. The third-order valence-electron chi connectivity index (χ3n) is 6.50. The van der Waals surface area contributed by atoms with Crippen LogP contribution in [-0.2, 0) is 9.53 Å². The lowest BCUT2D eigenvalue weighted by atomic mass is 9.87. The van der Waals surface area contributed by atoms with Gasteiger partial charge in [0.1, 0.15) is 29.9 Å². The monoisotopic (exact) mass is 484 g/mol. The summed E-state index contributed by atoms with van der Waals surface area (Å²) in [5.41, 5.74) is -0.774. The van der Waals surface area contributed by atoms with Gasteiger partial charge in [-0.15, -0.1) is 11.8 Å². The van der Waals surface area contributed by atoms with Gasteiger partial charge in [0.25, 0.3) is 0 Å². The third-order valence-corrected chi connectivity index (χ3v) is 7.36. The topological polar surface area (TPSA) is 114 Å². The van der Waals surface area contributed by atoms with Gasteiger partial charge in [-0.2, -0.15) is 0 Å². The number of carbonyl (C=O) groups excluding carboxylic acids is 1. The number of hydrogen-bond acceptors (Lipinski definition) is 8. The van der Waals surface area contributed by atoms with Crippen LogP contribution in [0.5, 0.6) is 0 Å². The first kappa shape index (κ1) is 27.7. The van der Waals surface area contributed by atoms with Crippen LogP contribution in [0.3, 0.4) is 0 Å². The molecule has 11 heteroatoms. The number of carbonyl (C=O) groups is 1. The maximum Gasteiger partial charge on any atom is 0.238 e.